The van der Waals surface area contributed by atoms with Crippen LogP contribution in [0, 0.1) is 5.82 Å². The molecule has 3 rings (SSSR count). The van der Waals surface area contributed by atoms with Crippen molar-refractivity contribution in [1.82, 2.24) is 9.88 Å². The van der Waals surface area contributed by atoms with Crippen LogP contribution in [0.25, 0.3) is 6.08 Å². The normalized spacial score (nSPS) is 10.8. The summed E-state index contributed by atoms with van der Waals surface area (Å²) >= 11 is 0. The second-order valence-corrected chi connectivity index (χ2v) is 6.63. The van der Waals surface area contributed by atoms with E-state index in [0.29, 0.717) is 30.2 Å². The van der Waals surface area contributed by atoms with Crippen LogP contribution in [-0.2, 0) is 17.9 Å². The van der Waals surface area contributed by atoms with Crippen molar-refractivity contribution >= 4 is 12.0 Å². The number of methoxy groups -OCH3 is 2. The van der Waals surface area contributed by atoms with E-state index in [0.717, 1.165) is 11.1 Å². The van der Waals surface area contributed by atoms with Crippen LogP contribution in [0.15, 0.2) is 73.1 Å². The minimum atomic E-state index is -0.345. The highest BCUT2D eigenvalue weighted by Gasteiger charge is 2.14. The molecule has 0 saturated carbocycles. The molecular formula is C24H23FN2O3. The molecule has 0 saturated heterocycles. The molecule has 3 aromatic rings. The van der Waals surface area contributed by atoms with Crippen LogP contribution < -0.4 is 9.47 Å². The number of aromatic nitrogens is 1. The van der Waals surface area contributed by atoms with E-state index in [1.807, 2.05) is 30.3 Å². The summed E-state index contributed by atoms with van der Waals surface area (Å²) in [6, 6.07) is 15.4. The number of rotatable bonds is 8. The van der Waals surface area contributed by atoms with E-state index in [9.17, 15) is 9.18 Å². The first-order valence-electron chi connectivity index (χ1n) is 9.41. The Kier molecular flexibility index (Phi) is 7.16. The van der Waals surface area contributed by atoms with Crippen LogP contribution in [0.4, 0.5) is 4.39 Å². The maximum atomic E-state index is 13.4. The lowest BCUT2D eigenvalue weighted by Crippen LogP contribution is -2.28. The lowest BCUT2D eigenvalue weighted by Gasteiger charge is -2.22. The fraction of sp³-hybridized carbons (Fsp3) is 0.167. The van der Waals surface area contributed by atoms with Gasteiger partial charge < -0.3 is 14.4 Å². The van der Waals surface area contributed by atoms with Gasteiger partial charge in [-0.25, -0.2) is 4.39 Å². The second kappa shape index (κ2) is 10.2. The van der Waals surface area contributed by atoms with E-state index in [1.165, 1.54) is 18.2 Å². The number of benzene rings is 2. The number of pyridine rings is 1. The average Bonchev–Trinajstić information content (AvgIpc) is 2.77. The molecule has 0 aliphatic carbocycles. The number of hydrogen-bond donors (Lipinski definition) is 0. The zero-order valence-electron chi connectivity index (χ0n) is 16.9. The Balaban J connectivity index is 1.83. The van der Waals surface area contributed by atoms with Gasteiger partial charge in [-0.1, -0.05) is 24.3 Å². The number of amides is 1. The van der Waals surface area contributed by atoms with Crippen LogP contribution in [-0.4, -0.2) is 30.0 Å². The van der Waals surface area contributed by atoms with Gasteiger partial charge in [-0.2, -0.15) is 0 Å². The molecule has 6 heteroatoms. The van der Waals surface area contributed by atoms with Crippen LogP contribution in [0.1, 0.15) is 16.7 Å². The van der Waals surface area contributed by atoms with E-state index in [-0.39, 0.29) is 11.7 Å². The quantitative estimate of drug-likeness (QED) is 0.518. The first-order valence-corrected chi connectivity index (χ1v) is 9.41. The van der Waals surface area contributed by atoms with Gasteiger partial charge in [-0.3, -0.25) is 9.78 Å². The molecule has 1 heterocycles. The van der Waals surface area contributed by atoms with Gasteiger partial charge in [0.1, 0.15) is 5.82 Å². The molecule has 0 aliphatic heterocycles. The fourth-order valence-corrected chi connectivity index (χ4v) is 3.01. The predicted octanol–water partition coefficient (Wildman–Crippen LogP) is 4.48. The number of nitrogens with zero attached hydrogens (tertiary/aromatic N) is 2. The number of ether oxygens (including phenoxy) is 2. The summed E-state index contributed by atoms with van der Waals surface area (Å²) in [5, 5.41) is 0. The third-order valence-electron chi connectivity index (χ3n) is 4.50. The summed E-state index contributed by atoms with van der Waals surface area (Å²) in [4.78, 5) is 18.8. The molecule has 1 aromatic heterocycles. The molecule has 5 nitrogen and oxygen atoms in total. The third-order valence-corrected chi connectivity index (χ3v) is 4.50. The molecular weight excluding hydrogens is 383 g/mol. The molecule has 0 spiro atoms. The van der Waals surface area contributed by atoms with Gasteiger partial charge in [0.05, 0.1) is 14.2 Å². The Morgan fingerprint density at radius 3 is 2.50 bits per heavy atom. The highest BCUT2D eigenvalue weighted by molar-refractivity contribution is 5.91. The maximum Gasteiger partial charge on any atom is 0.247 e. The molecule has 0 radical (unpaired) electrons. The summed E-state index contributed by atoms with van der Waals surface area (Å²) in [5.41, 5.74) is 2.42. The summed E-state index contributed by atoms with van der Waals surface area (Å²) in [7, 11) is 3.15. The van der Waals surface area contributed by atoms with Crippen LogP contribution in [0.5, 0.6) is 11.5 Å². The van der Waals surface area contributed by atoms with E-state index in [2.05, 4.69) is 4.98 Å². The Hall–Kier alpha value is -3.67. The molecule has 0 atom stereocenters. The zero-order chi connectivity index (χ0) is 21.3. The topological polar surface area (TPSA) is 51.7 Å². The zero-order valence-corrected chi connectivity index (χ0v) is 16.9. The molecule has 0 N–H and O–H groups in total. The van der Waals surface area contributed by atoms with E-state index < -0.39 is 0 Å². The van der Waals surface area contributed by atoms with Gasteiger partial charge in [-0.05, 0) is 53.1 Å². The van der Waals surface area contributed by atoms with Crippen molar-refractivity contribution < 1.29 is 18.7 Å². The molecule has 0 fully saturated rings. The molecule has 0 bridgehead atoms. The third kappa shape index (κ3) is 5.67. The van der Waals surface area contributed by atoms with E-state index in [1.54, 1.807) is 49.7 Å². The van der Waals surface area contributed by atoms with Crippen molar-refractivity contribution in [2.75, 3.05) is 14.2 Å². The molecule has 1 amide bonds. The molecule has 0 aliphatic rings. The highest BCUT2D eigenvalue weighted by Crippen LogP contribution is 2.28. The maximum absolute atomic E-state index is 13.4. The summed E-state index contributed by atoms with van der Waals surface area (Å²) in [6.07, 6.45) is 6.47. The SMILES string of the molecule is COc1ccc(CN(Cc2cccnc2)C(=O)/C=C/c2cccc(F)c2)cc1OC. The predicted molar refractivity (Wildman–Crippen MR) is 113 cm³/mol. The van der Waals surface area contributed by atoms with Gasteiger partial charge >= 0.3 is 0 Å². The Morgan fingerprint density at radius 2 is 1.80 bits per heavy atom. The van der Waals surface area contributed by atoms with Gasteiger partial charge in [0, 0.05) is 31.6 Å². The number of halogens is 1. The monoisotopic (exact) mass is 406 g/mol. The summed E-state index contributed by atoms with van der Waals surface area (Å²) in [5.74, 6) is 0.677. The van der Waals surface area contributed by atoms with Crippen molar-refractivity contribution in [2.24, 2.45) is 0 Å². The van der Waals surface area contributed by atoms with Crippen LogP contribution in [0.2, 0.25) is 0 Å². The van der Waals surface area contributed by atoms with Gasteiger partial charge in [0.15, 0.2) is 11.5 Å². The highest BCUT2D eigenvalue weighted by atomic mass is 19.1. The molecule has 0 unspecified atom stereocenters. The van der Waals surface area contributed by atoms with Gasteiger partial charge in [0.2, 0.25) is 5.91 Å². The Morgan fingerprint density at radius 1 is 1.00 bits per heavy atom. The summed E-state index contributed by atoms with van der Waals surface area (Å²) in [6.45, 7) is 0.746. The van der Waals surface area contributed by atoms with Crippen molar-refractivity contribution in [2.45, 2.75) is 13.1 Å². The Labute approximate surface area is 175 Å². The summed E-state index contributed by atoms with van der Waals surface area (Å²) < 4.78 is 24.0. The largest absolute Gasteiger partial charge is 0.493 e. The number of carbonyl (C=O) groups excluding carboxylic acids is 1. The molecule has 2 aromatic carbocycles. The first kappa shape index (κ1) is 21.0. The smallest absolute Gasteiger partial charge is 0.247 e. The van der Waals surface area contributed by atoms with E-state index >= 15 is 0 Å². The first-order chi connectivity index (χ1) is 14.6. The average molecular weight is 406 g/mol. The number of carbonyl (C=O) groups is 1. The van der Waals surface area contributed by atoms with Crippen molar-refractivity contribution in [3.63, 3.8) is 0 Å². The van der Waals surface area contributed by atoms with Gasteiger partial charge in [0.25, 0.3) is 0 Å². The standard InChI is InChI=1S/C24H23FN2O3/c1-29-22-10-8-19(14-23(22)30-2)16-27(17-20-6-4-12-26-15-20)24(28)11-9-18-5-3-7-21(25)13-18/h3-15H,16-17H2,1-2H3/b11-9+. The lowest BCUT2D eigenvalue weighted by atomic mass is 10.1. The van der Waals surface area contributed by atoms with Crippen molar-refractivity contribution in [3.05, 3.63) is 95.6 Å². The second-order valence-electron chi connectivity index (χ2n) is 6.63. The minimum absolute atomic E-state index is 0.196. The molecule has 30 heavy (non-hydrogen) atoms. The molecule has 154 valence electrons. The van der Waals surface area contributed by atoms with Crippen molar-refractivity contribution in [1.29, 1.82) is 0 Å². The van der Waals surface area contributed by atoms with Gasteiger partial charge in [-0.15, -0.1) is 0 Å². The fourth-order valence-electron chi connectivity index (χ4n) is 3.01. The lowest BCUT2D eigenvalue weighted by molar-refractivity contribution is -0.127. The van der Waals surface area contributed by atoms with E-state index in [4.69, 9.17) is 9.47 Å². The Bertz CT molecular complexity index is 1020. The van der Waals surface area contributed by atoms with Crippen molar-refractivity contribution in [3.8, 4) is 11.5 Å². The minimum Gasteiger partial charge on any atom is -0.493 e. The van der Waals surface area contributed by atoms with Crippen LogP contribution >= 0.6 is 0 Å². The number of hydrogen-bond acceptors (Lipinski definition) is 4. The van der Waals surface area contributed by atoms with Crippen LogP contribution in [0.3, 0.4) is 0 Å².